The molecule has 0 radical (unpaired) electrons. The van der Waals surface area contributed by atoms with Gasteiger partial charge in [-0.3, -0.25) is 0 Å². The molecule has 0 bridgehead atoms. The lowest BCUT2D eigenvalue weighted by molar-refractivity contribution is 0.373. The fourth-order valence-corrected chi connectivity index (χ4v) is 3.78. The zero-order valence-electron chi connectivity index (χ0n) is 16.7. The molecular weight excluding hydrogens is 390 g/mol. The Hall–Kier alpha value is -3.26. The van der Waals surface area contributed by atoms with E-state index in [4.69, 9.17) is 14.2 Å². The summed E-state index contributed by atoms with van der Waals surface area (Å²) < 4.78 is 18.1. The number of rotatable bonds is 7. The van der Waals surface area contributed by atoms with Crippen molar-refractivity contribution in [3.8, 4) is 34.3 Å². The van der Waals surface area contributed by atoms with Gasteiger partial charge in [-0.25, -0.2) is 0 Å². The molecule has 0 fully saturated rings. The van der Waals surface area contributed by atoms with Crippen LogP contribution in [-0.4, -0.2) is 37.2 Å². The number of methoxy groups -OCH3 is 3. The number of hydrogen-bond donors (Lipinski definition) is 1. The lowest BCUT2D eigenvalue weighted by Gasteiger charge is -2.12. The van der Waals surface area contributed by atoms with Crippen molar-refractivity contribution < 1.29 is 19.3 Å². The number of ether oxygens (including phenoxy) is 3. The summed E-state index contributed by atoms with van der Waals surface area (Å²) in [7, 11) is 4.79. The molecule has 1 heterocycles. The Kier molecular flexibility index (Phi) is 6.56. The molecule has 0 aliphatic heterocycles. The number of aromatic nitrogens is 1. The second-order valence-electron chi connectivity index (χ2n) is 5.99. The molecule has 1 N–H and O–H groups in total. The van der Waals surface area contributed by atoms with E-state index in [1.54, 1.807) is 38.6 Å². The van der Waals surface area contributed by atoms with Gasteiger partial charge in [0.2, 0.25) is 4.80 Å². The molecule has 1 aromatic heterocycles. The standard InChI is InChI=1S/C21H23N3O4S/c1-5-24-17(16-11-15(26-2)7-9-19(16)27-3)13-29-21(24)23-22-12-14-6-8-18(25)20(10-14)28-4/h6-13,25H,5H2,1-4H3. The summed E-state index contributed by atoms with van der Waals surface area (Å²) in [5.41, 5.74) is 2.69. The highest BCUT2D eigenvalue weighted by Crippen LogP contribution is 2.33. The Morgan fingerprint density at radius 2 is 1.83 bits per heavy atom. The van der Waals surface area contributed by atoms with Crippen LogP contribution < -0.4 is 19.0 Å². The maximum Gasteiger partial charge on any atom is 0.211 e. The van der Waals surface area contributed by atoms with E-state index >= 15 is 0 Å². The molecule has 3 rings (SSSR count). The van der Waals surface area contributed by atoms with Crippen LogP contribution in [0.5, 0.6) is 23.0 Å². The molecule has 0 saturated carbocycles. The van der Waals surface area contributed by atoms with Gasteiger partial charge in [-0.05, 0) is 48.9 Å². The number of phenolic OH excluding ortho intramolecular Hbond substituents is 1. The van der Waals surface area contributed by atoms with Crippen molar-refractivity contribution in [2.24, 2.45) is 10.2 Å². The molecule has 0 aliphatic rings. The highest BCUT2D eigenvalue weighted by atomic mass is 32.1. The molecule has 7 nitrogen and oxygen atoms in total. The fraction of sp³-hybridized carbons (Fsp3) is 0.238. The Labute approximate surface area is 173 Å². The summed E-state index contributed by atoms with van der Waals surface area (Å²) in [6.07, 6.45) is 1.62. The zero-order chi connectivity index (χ0) is 20.8. The first-order valence-corrected chi connectivity index (χ1v) is 9.84. The van der Waals surface area contributed by atoms with E-state index < -0.39 is 0 Å². The molecule has 2 aromatic carbocycles. The molecule has 0 aliphatic carbocycles. The van der Waals surface area contributed by atoms with Gasteiger partial charge in [0, 0.05) is 17.5 Å². The summed E-state index contributed by atoms with van der Waals surface area (Å²) >= 11 is 1.49. The third kappa shape index (κ3) is 4.43. The Morgan fingerprint density at radius 3 is 2.52 bits per heavy atom. The monoisotopic (exact) mass is 413 g/mol. The Morgan fingerprint density at radius 1 is 1.03 bits per heavy atom. The van der Waals surface area contributed by atoms with Crippen LogP contribution in [-0.2, 0) is 6.54 Å². The summed E-state index contributed by atoms with van der Waals surface area (Å²) in [5.74, 6) is 1.99. The minimum atomic E-state index is 0.0838. The zero-order valence-corrected chi connectivity index (χ0v) is 17.6. The van der Waals surface area contributed by atoms with Crippen molar-refractivity contribution in [2.45, 2.75) is 13.5 Å². The molecule has 8 heteroatoms. The summed E-state index contributed by atoms with van der Waals surface area (Å²) in [4.78, 5) is 0.759. The third-order valence-corrected chi connectivity index (χ3v) is 5.20. The van der Waals surface area contributed by atoms with Crippen LogP contribution in [0.15, 0.2) is 52.0 Å². The van der Waals surface area contributed by atoms with Gasteiger partial charge in [0.05, 0.1) is 33.2 Å². The molecule has 0 spiro atoms. The second-order valence-corrected chi connectivity index (χ2v) is 6.83. The predicted molar refractivity (Wildman–Crippen MR) is 114 cm³/mol. The second kappa shape index (κ2) is 9.29. The van der Waals surface area contributed by atoms with E-state index in [0.717, 1.165) is 39.7 Å². The molecule has 0 amide bonds. The summed E-state index contributed by atoms with van der Waals surface area (Å²) in [6.45, 7) is 2.77. The molecule has 0 atom stereocenters. The molecule has 0 unspecified atom stereocenters. The van der Waals surface area contributed by atoms with E-state index in [1.807, 2.05) is 23.6 Å². The number of thiazole rings is 1. The molecular formula is C21H23N3O4S. The first-order chi connectivity index (χ1) is 14.1. The minimum absolute atomic E-state index is 0.0838. The van der Waals surface area contributed by atoms with Crippen LogP contribution in [0.25, 0.3) is 11.3 Å². The number of hydrogen-bond acceptors (Lipinski definition) is 7. The largest absolute Gasteiger partial charge is 0.504 e. The summed E-state index contributed by atoms with van der Waals surface area (Å²) in [5, 5.41) is 20.3. The van der Waals surface area contributed by atoms with Gasteiger partial charge in [-0.2, -0.15) is 5.10 Å². The maximum absolute atomic E-state index is 9.68. The van der Waals surface area contributed by atoms with Gasteiger partial charge < -0.3 is 23.9 Å². The highest BCUT2D eigenvalue weighted by molar-refractivity contribution is 7.07. The van der Waals surface area contributed by atoms with Crippen LogP contribution in [0.4, 0.5) is 0 Å². The molecule has 3 aromatic rings. The smallest absolute Gasteiger partial charge is 0.211 e. The first-order valence-electron chi connectivity index (χ1n) is 8.96. The van der Waals surface area contributed by atoms with E-state index in [0.29, 0.717) is 5.75 Å². The van der Waals surface area contributed by atoms with Crippen molar-refractivity contribution in [2.75, 3.05) is 21.3 Å². The number of benzene rings is 2. The van der Waals surface area contributed by atoms with E-state index in [2.05, 4.69) is 21.7 Å². The van der Waals surface area contributed by atoms with Crippen LogP contribution in [0.1, 0.15) is 12.5 Å². The summed E-state index contributed by atoms with van der Waals surface area (Å²) in [6, 6.07) is 10.7. The van der Waals surface area contributed by atoms with Gasteiger partial charge >= 0.3 is 0 Å². The molecule has 29 heavy (non-hydrogen) atoms. The van der Waals surface area contributed by atoms with Gasteiger partial charge in [0.25, 0.3) is 0 Å². The lowest BCUT2D eigenvalue weighted by Crippen LogP contribution is -2.14. The van der Waals surface area contributed by atoms with Crippen LogP contribution in [0.3, 0.4) is 0 Å². The van der Waals surface area contributed by atoms with Crippen LogP contribution >= 0.6 is 11.3 Å². The Balaban J connectivity index is 1.98. The number of aromatic hydroxyl groups is 1. The number of nitrogens with zero attached hydrogens (tertiary/aromatic N) is 3. The first kappa shape index (κ1) is 20.5. The number of phenols is 1. The third-order valence-electron chi connectivity index (χ3n) is 4.35. The van der Waals surface area contributed by atoms with E-state index in [1.165, 1.54) is 18.4 Å². The van der Waals surface area contributed by atoms with Crippen LogP contribution in [0, 0.1) is 0 Å². The average molecular weight is 413 g/mol. The normalized spacial score (nSPS) is 11.8. The highest BCUT2D eigenvalue weighted by Gasteiger charge is 2.13. The predicted octanol–water partition coefficient (Wildman–Crippen LogP) is 3.90. The van der Waals surface area contributed by atoms with Crippen molar-refractivity contribution in [1.82, 2.24) is 4.57 Å². The minimum Gasteiger partial charge on any atom is -0.504 e. The molecule has 0 saturated heterocycles. The van der Waals surface area contributed by atoms with Crippen molar-refractivity contribution in [1.29, 1.82) is 0 Å². The Bertz CT molecular complexity index is 1090. The van der Waals surface area contributed by atoms with Crippen molar-refractivity contribution in [3.63, 3.8) is 0 Å². The molecule has 152 valence electrons. The van der Waals surface area contributed by atoms with Gasteiger partial charge in [0.1, 0.15) is 11.5 Å². The average Bonchev–Trinajstić information content (AvgIpc) is 3.17. The fourth-order valence-electron chi connectivity index (χ4n) is 2.86. The quantitative estimate of drug-likeness (QED) is 0.471. The van der Waals surface area contributed by atoms with Crippen LogP contribution in [0.2, 0.25) is 0 Å². The van der Waals surface area contributed by atoms with Crippen molar-refractivity contribution >= 4 is 17.6 Å². The van der Waals surface area contributed by atoms with E-state index in [9.17, 15) is 5.11 Å². The van der Waals surface area contributed by atoms with Gasteiger partial charge in [0.15, 0.2) is 11.5 Å². The lowest BCUT2D eigenvalue weighted by atomic mass is 10.1. The SMILES string of the molecule is CCn1c(-c2cc(OC)ccc2OC)csc1=NN=Cc1ccc(O)c(OC)c1. The van der Waals surface area contributed by atoms with E-state index in [-0.39, 0.29) is 5.75 Å². The maximum atomic E-state index is 9.68. The van der Waals surface area contributed by atoms with Gasteiger partial charge in [-0.1, -0.05) is 0 Å². The van der Waals surface area contributed by atoms with Crippen molar-refractivity contribution in [3.05, 3.63) is 52.1 Å². The topological polar surface area (TPSA) is 77.6 Å². The van der Waals surface area contributed by atoms with Gasteiger partial charge in [-0.15, -0.1) is 16.4 Å².